The predicted molar refractivity (Wildman–Crippen MR) is 234 cm³/mol. The first-order chi connectivity index (χ1) is 28.7. The third kappa shape index (κ3) is 6.01. The first kappa shape index (κ1) is 33.4. The van der Waals surface area contributed by atoms with E-state index in [1.54, 1.807) is 0 Å². The van der Waals surface area contributed by atoms with E-state index in [1.165, 1.54) is 5.56 Å². The highest BCUT2D eigenvalue weighted by molar-refractivity contribution is 6.07. The molecule has 6 heteroatoms. The lowest BCUT2D eigenvalue weighted by atomic mass is 9.97. The van der Waals surface area contributed by atoms with Crippen molar-refractivity contribution in [2.24, 2.45) is 0 Å². The molecule has 0 N–H and O–H groups in total. The average Bonchev–Trinajstić information content (AvgIpc) is 3.88. The van der Waals surface area contributed by atoms with Crippen molar-refractivity contribution in [3.8, 4) is 73.4 Å². The van der Waals surface area contributed by atoms with Crippen LogP contribution in [0.1, 0.15) is 0 Å². The number of benzene rings is 8. The van der Waals surface area contributed by atoms with Gasteiger partial charge in [0.05, 0.1) is 11.2 Å². The van der Waals surface area contributed by atoms with Crippen LogP contribution in [0.4, 0.5) is 0 Å². The SMILES string of the molecule is c1ccc(-c2ccc3c(c2)c(-c2cccc(-c4ccc5oc6ccc(-c7nc(-c8ccccc8)nc(-c8ccccc8)n7)cc6c5c4)c2)nn3-c2ccccc2)cc1. The van der Waals surface area contributed by atoms with Crippen LogP contribution in [0.15, 0.2) is 205 Å². The quantitative estimate of drug-likeness (QED) is 0.163. The van der Waals surface area contributed by atoms with Crippen molar-refractivity contribution in [3.05, 3.63) is 200 Å². The van der Waals surface area contributed by atoms with Crippen molar-refractivity contribution in [1.29, 1.82) is 0 Å². The lowest BCUT2D eigenvalue weighted by Crippen LogP contribution is -2.00. The second kappa shape index (κ2) is 14.0. The van der Waals surface area contributed by atoms with Crippen molar-refractivity contribution in [2.75, 3.05) is 0 Å². The van der Waals surface area contributed by atoms with E-state index in [1.807, 2.05) is 102 Å². The number of furan rings is 1. The normalized spacial score (nSPS) is 11.4. The van der Waals surface area contributed by atoms with Gasteiger partial charge in [0.1, 0.15) is 16.9 Å². The largest absolute Gasteiger partial charge is 0.456 e. The van der Waals surface area contributed by atoms with E-state index in [2.05, 4.69) is 103 Å². The second-order valence-corrected chi connectivity index (χ2v) is 14.3. The van der Waals surface area contributed by atoms with Gasteiger partial charge in [-0.1, -0.05) is 140 Å². The second-order valence-electron chi connectivity index (χ2n) is 14.3. The molecule has 3 heterocycles. The smallest absolute Gasteiger partial charge is 0.164 e. The molecular weight excluding hydrogens is 711 g/mol. The van der Waals surface area contributed by atoms with Gasteiger partial charge in [-0.3, -0.25) is 0 Å². The Bertz CT molecular complexity index is 3210. The summed E-state index contributed by atoms with van der Waals surface area (Å²) in [4.78, 5) is 14.8. The minimum absolute atomic E-state index is 0.602. The van der Waals surface area contributed by atoms with Crippen LogP contribution in [0, 0.1) is 0 Å². The van der Waals surface area contributed by atoms with Crippen LogP contribution in [0.5, 0.6) is 0 Å². The lowest BCUT2D eigenvalue weighted by molar-refractivity contribution is 0.669. The van der Waals surface area contributed by atoms with Gasteiger partial charge in [-0.15, -0.1) is 0 Å². The Morgan fingerprint density at radius 2 is 0.776 bits per heavy atom. The van der Waals surface area contributed by atoms with Crippen LogP contribution in [0.2, 0.25) is 0 Å². The summed E-state index contributed by atoms with van der Waals surface area (Å²) in [7, 11) is 0. The van der Waals surface area contributed by atoms with E-state index >= 15 is 0 Å². The Balaban J connectivity index is 1.02. The maximum atomic E-state index is 6.39. The van der Waals surface area contributed by atoms with Crippen molar-refractivity contribution in [2.45, 2.75) is 0 Å². The van der Waals surface area contributed by atoms with Crippen LogP contribution in [-0.2, 0) is 0 Å². The third-order valence-electron chi connectivity index (χ3n) is 10.7. The molecule has 0 aliphatic rings. The highest BCUT2D eigenvalue weighted by Gasteiger charge is 2.18. The topological polar surface area (TPSA) is 69.6 Å². The van der Waals surface area contributed by atoms with Gasteiger partial charge in [0.2, 0.25) is 0 Å². The maximum Gasteiger partial charge on any atom is 0.164 e. The van der Waals surface area contributed by atoms with Crippen LogP contribution in [0.3, 0.4) is 0 Å². The van der Waals surface area contributed by atoms with Gasteiger partial charge in [-0.25, -0.2) is 19.6 Å². The highest BCUT2D eigenvalue weighted by Crippen LogP contribution is 2.38. The maximum absolute atomic E-state index is 6.39. The van der Waals surface area contributed by atoms with E-state index in [-0.39, 0.29) is 0 Å². The molecule has 11 aromatic rings. The Morgan fingerprint density at radius 3 is 1.41 bits per heavy atom. The summed E-state index contributed by atoms with van der Waals surface area (Å²) in [5, 5.41) is 8.36. The molecule has 0 aliphatic carbocycles. The Labute approximate surface area is 334 Å². The van der Waals surface area contributed by atoms with E-state index in [0.717, 1.165) is 83.2 Å². The zero-order chi connectivity index (χ0) is 38.4. The summed E-state index contributed by atoms with van der Waals surface area (Å²) in [5.74, 6) is 1.85. The van der Waals surface area contributed by atoms with E-state index in [9.17, 15) is 0 Å². The van der Waals surface area contributed by atoms with Gasteiger partial charge >= 0.3 is 0 Å². The van der Waals surface area contributed by atoms with Gasteiger partial charge in [0, 0.05) is 38.4 Å². The molecule has 6 nitrogen and oxygen atoms in total. The molecule has 8 aromatic carbocycles. The molecule has 0 saturated carbocycles. The Hall–Kier alpha value is -7.96. The fraction of sp³-hybridized carbons (Fsp3) is 0. The van der Waals surface area contributed by atoms with E-state index in [4.69, 9.17) is 24.5 Å². The molecule has 0 unspecified atom stereocenters. The van der Waals surface area contributed by atoms with Gasteiger partial charge in [0.15, 0.2) is 17.5 Å². The molecule has 0 radical (unpaired) electrons. The molecule has 0 atom stereocenters. The number of para-hydroxylation sites is 1. The van der Waals surface area contributed by atoms with Gasteiger partial charge in [0.25, 0.3) is 0 Å². The van der Waals surface area contributed by atoms with Crippen molar-refractivity contribution in [3.63, 3.8) is 0 Å². The molecule has 272 valence electrons. The monoisotopic (exact) mass is 743 g/mol. The van der Waals surface area contributed by atoms with Crippen molar-refractivity contribution < 1.29 is 4.42 Å². The number of hydrogen-bond acceptors (Lipinski definition) is 5. The number of fused-ring (bicyclic) bond motifs is 4. The summed E-state index contributed by atoms with van der Waals surface area (Å²) in [6, 6.07) is 68.8. The molecule has 0 aliphatic heterocycles. The zero-order valence-corrected chi connectivity index (χ0v) is 31.2. The molecule has 11 rings (SSSR count). The summed E-state index contributed by atoms with van der Waals surface area (Å²) >= 11 is 0. The predicted octanol–water partition coefficient (Wildman–Crippen LogP) is 13.1. The molecule has 0 fully saturated rings. The van der Waals surface area contributed by atoms with Gasteiger partial charge in [-0.2, -0.15) is 5.10 Å². The van der Waals surface area contributed by atoms with Gasteiger partial charge in [-0.05, 0) is 82.9 Å². The Kier molecular flexibility index (Phi) is 8.04. The summed E-state index contributed by atoms with van der Waals surface area (Å²) in [6.45, 7) is 0. The molecule has 0 amide bonds. The molecule has 0 bridgehead atoms. The first-order valence-electron chi connectivity index (χ1n) is 19.3. The van der Waals surface area contributed by atoms with Crippen molar-refractivity contribution in [1.82, 2.24) is 24.7 Å². The van der Waals surface area contributed by atoms with Crippen LogP contribution in [0.25, 0.3) is 106 Å². The van der Waals surface area contributed by atoms with Crippen molar-refractivity contribution >= 4 is 32.8 Å². The number of nitrogens with zero attached hydrogens (tertiary/aromatic N) is 5. The average molecular weight is 744 g/mol. The third-order valence-corrected chi connectivity index (χ3v) is 10.7. The number of hydrogen-bond donors (Lipinski definition) is 0. The van der Waals surface area contributed by atoms with Crippen LogP contribution in [-0.4, -0.2) is 24.7 Å². The van der Waals surface area contributed by atoms with Gasteiger partial charge < -0.3 is 4.42 Å². The van der Waals surface area contributed by atoms with E-state index < -0.39 is 0 Å². The summed E-state index contributed by atoms with van der Waals surface area (Å²) in [5.41, 5.74) is 12.9. The first-order valence-corrected chi connectivity index (χ1v) is 19.3. The molecular formula is C52H33N5O. The highest BCUT2D eigenvalue weighted by atomic mass is 16.3. The van der Waals surface area contributed by atoms with Crippen LogP contribution < -0.4 is 0 Å². The number of rotatable bonds is 7. The molecule has 0 saturated heterocycles. The minimum Gasteiger partial charge on any atom is -0.456 e. The number of aromatic nitrogens is 5. The van der Waals surface area contributed by atoms with E-state index in [0.29, 0.717) is 17.5 Å². The fourth-order valence-electron chi connectivity index (χ4n) is 7.79. The fourth-order valence-corrected chi connectivity index (χ4v) is 7.79. The summed E-state index contributed by atoms with van der Waals surface area (Å²) < 4.78 is 8.44. The summed E-state index contributed by atoms with van der Waals surface area (Å²) in [6.07, 6.45) is 0. The Morgan fingerprint density at radius 1 is 0.328 bits per heavy atom. The molecule has 0 spiro atoms. The molecule has 3 aromatic heterocycles. The molecule has 58 heavy (non-hydrogen) atoms. The zero-order valence-electron chi connectivity index (χ0n) is 31.2. The standard InChI is InChI=1S/C52H33N5O/c1-5-14-34(15-6-1)38-24-27-46-45(32-38)49(56-57(46)42-22-11-4-12-23-42)40-21-13-20-37(30-40)39-25-28-47-43(31-39)44-33-41(26-29-48(44)58-47)52-54-50(35-16-7-2-8-17-35)53-51(55-52)36-18-9-3-10-19-36/h1-33H. The lowest BCUT2D eigenvalue weighted by Gasteiger charge is -2.08. The van der Waals surface area contributed by atoms with Crippen LogP contribution >= 0.6 is 0 Å². The minimum atomic E-state index is 0.602.